The minimum absolute atomic E-state index is 0.642. The van der Waals surface area contributed by atoms with E-state index in [0.717, 1.165) is 44.8 Å². The highest BCUT2D eigenvalue weighted by atomic mass is 15.1. The number of H-pyrrole nitrogens is 2. The van der Waals surface area contributed by atoms with Gasteiger partial charge >= 0.3 is 0 Å². The quantitative estimate of drug-likeness (QED) is 0.463. The molecule has 9 heteroatoms. The van der Waals surface area contributed by atoms with Gasteiger partial charge in [-0.15, -0.1) is 0 Å². The van der Waals surface area contributed by atoms with Crippen LogP contribution in [0.15, 0.2) is 55.2 Å². The molecule has 0 spiro atoms. The Balaban J connectivity index is 1.52. The third-order valence-electron chi connectivity index (χ3n) is 5.51. The van der Waals surface area contributed by atoms with Crippen LogP contribution in [-0.2, 0) is 7.05 Å². The van der Waals surface area contributed by atoms with Crippen LogP contribution in [0, 0.1) is 6.92 Å². The fraction of sp³-hybridized carbons (Fsp3) is 0.0909. The van der Waals surface area contributed by atoms with E-state index < -0.39 is 0 Å². The van der Waals surface area contributed by atoms with Crippen LogP contribution in [0.5, 0.6) is 0 Å². The number of hydrogen-bond donors (Lipinski definition) is 2. The van der Waals surface area contributed by atoms with Gasteiger partial charge in [-0.3, -0.25) is 15.1 Å². The van der Waals surface area contributed by atoms with Crippen LogP contribution < -0.4 is 0 Å². The first kappa shape index (κ1) is 17.5. The summed E-state index contributed by atoms with van der Waals surface area (Å²) < 4.78 is 2.01. The number of aromatic nitrogens is 9. The highest BCUT2D eigenvalue weighted by Crippen LogP contribution is 2.31. The molecule has 6 aromatic rings. The molecule has 9 nitrogen and oxygen atoms in total. The zero-order valence-electron chi connectivity index (χ0n) is 16.8. The number of hydrogen-bond acceptors (Lipinski definition) is 6. The molecule has 150 valence electrons. The van der Waals surface area contributed by atoms with Crippen molar-refractivity contribution in [2.75, 3.05) is 0 Å². The van der Waals surface area contributed by atoms with Gasteiger partial charge in [-0.2, -0.15) is 5.10 Å². The zero-order chi connectivity index (χ0) is 20.9. The summed E-state index contributed by atoms with van der Waals surface area (Å²) >= 11 is 0. The topological polar surface area (TPSA) is 114 Å². The summed E-state index contributed by atoms with van der Waals surface area (Å²) in [4.78, 5) is 25.8. The monoisotopic (exact) mass is 407 g/mol. The lowest BCUT2D eigenvalue weighted by atomic mass is 10.1. The molecule has 0 saturated heterocycles. The summed E-state index contributed by atoms with van der Waals surface area (Å²) in [6, 6.07) is 7.87. The summed E-state index contributed by atoms with van der Waals surface area (Å²) in [5.41, 5.74) is 6.74. The maximum atomic E-state index is 4.84. The highest BCUT2D eigenvalue weighted by molar-refractivity contribution is 5.96. The van der Waals surface area contributed by atoms with Crippen LogP contribution in [0.25, 0.3) is 56.1 Å². The normalized spacial score (nSPS) is 11.5. The molecule has 0 unspecified atom stereocenters. The maximum Gasteiger partial charge on any atom is 0.160 e. The number of nitrogens with zero attached hydrogens (tertiary/aromatic N) is 7. The van der Waals surface area contributed by atoms with Crippen LogP contribution in [0.3, 0.4) is 0 Å². The predicted molar refractivity (Wildman–Crippen MR) is 117 cm³/mol. The first-order chi connectivity index (χ1) is 15.2. The molecule has 0 fully saturated rings. The molecular weight excluding hydrogens is 390 g/mol. The second-order valence-corrected chi connectivity index (χ2v) is 7.32. The largest absolute Gasteiger partial charge is 0.330 e. The van der Waals surface area contributed by atoms with Gasteiger partial charge in [0.05, 0.1) is 29.3 Å². The summed E-state index contributed by atoms with van der Waals surface area (Å²) in [6.45, 7) is 1.96. The van der Waals surface area contributed by atoms with E-state index in [1.807, 2.05) is 55.2 Å². The molecule has 31 heavy (non-hydrogen) atoms. The maximum absolute atomic E-state index is 4.84. The Bertz CT molecular complexity index is 1560. The number of pyridine rings is 3. The second kappa shape index (κ2) is 6.56. The van der Waals surface area contributed by atoms with Gasteiger partial charge in [0.25, 0.3) is 0 Å². The first-order valence-electron chi connectivity index (χ1n) is 9.77. The van der Waals surface area contributed by atoms with E-state index in [2.05, 4.69) is 35.1 Å². The molecule has 0 aliphatic rings. The SMILES string of the molecule is Cc1ncc(-c2cc3c(-c4nc5c(-c6cccnc6)ccnc5[nH]4)n[nH]c3cn2)n1C. The van der Waals surface area contributed by atoms with Crippen molar-refractivity contribution in [3.05, 3.63) is 61.1 Å². The van der Waals surface area contributed by atoms with Crippen molar-refractivity contribution in [2.45, 2.75) is 6.92 Å². The van der Waals surface area contributed by atoms with Gasteiger partial charge < -0.3 is 9.55 Å². The van der Waals surface area contributed by atoms with Crippen molar-refractivity contribution in [1.82, 2.24) is 44.7 Å². The van der Waals surface area contributed by atoms with E-state index in [9.17, 15) is 0 Å². The molecule has 0 amide bonds. The minimum Gasteiger partial charge on any atom is -0.330 e. The van der Waals surface area contributed by atoms with Gasteiger partial charge in [0.1, 0.15) is 17.0 Å². The van der Waals surface area contributed by atoms with Gasteiger partial charge in [-0.25, -0.2) is 15.0 Å². The molecule has 0 aliphatic carbocycles. The lowest BCUT2D eigenvalue weighted by molar-refractivity contribution is 0.862. The van der Waals surface area contributed by atoms with Gasteiger partial charge in [0, 0.05) is 42.2 Å². The molecule has 0 aromatic carbocycles. The Labute approximate surface area is 176 Å². The Morgan fingerprint density at radius 3 is 2.74 bits per heavy atom. The molecule has 2 N–H and O–H groups in total. The molecule has 6 rings (SSSR count). The number of fused-ring (bicyclic) bond motifs is 2. The van der Waals surface area contributed by atoms with Gasteiger partial charge in [-0.05, 0) is 25.1 Å². The Hall–Kier alpha value is -4.40. The van der Waals surface area contributed by atoms with E-state index in [4.69, 9.17) is 4.98 Å². The van der Waals surface area contributed by atoms with Crippen molar-refractivity contribution >= 4 is 22.1 Å². The molecule has 0 atom stereocenters. The number of aromatic amines is 2. The van der Waals surface area contributed by atoms with E-state index in [1.165, 1.54) is 0 Å². The van der Waals surface area contributed by atoms with Crippen LogP contribution >= 0.6 is 0 Å². The van der Waals surface area contributed by atoms with Crippen molar-refractivity contribution in [3.63, 3.8) is 0 Å². The van der Waals surface area contributed by atoms with E-state index in [1.54, 1.807) is 18.6 Å². The van der Waals surface area contributed by atoms with Gasteiger partial charge in [0.2, 0.25) is 0 Å². The van der Waals surface area contributed by atoms with E-state index in [0.29, 0.717) is 17.2 Å². The molecule has 0 radical (unpaired) electrons. The Morgan fingerprint density at radius 1 is 1.00 bits per heavy atom. The third-order valence-corrected chi connectivity index (χ3v) is 5.51. The van der Waals surface area contributed by atoms with Crippen molar-refractivity contribution in [3.8, 4) is 34.0 Å². The number of aryl methyl sites for hydroxylation is 1. The number of nitrogens with one attached hydrogen (secondary N) is 2. The Kier molecular flexibility index (Phi) is 3.69. The van der Waals surface area contributed by atoms with Crippen LogP contribution in [0.4, 0.5) is 0 Å². The average molecular weight is 407 g/mol. The van der Waals surface area contributed by atoms with E-state index in [-0.39, 0.29) is 0 Å². The van der Waals surface area contributed by atoms with Gasteiger partial charge in [-0.1, -0.05) is 6.07 Å². The molecular formula is C22H17N9. The van der Waals surface area contributed by atoms with Crippen molar-refractivity contribution in [1.29, 1.82) is 0 Å². The van der Waals surface area contributed by atoms with Crippen LogP contribution in [0.1, 0.15) is 5.82 Å². The number of rotatable bonds is 3. The fourth-order valence-corrected chi connectivity index (χ4v) is 3.76. The molecule has 0 saturated carbocycles. The predicted octanol–water partition coefficient (Wildman–Crippen LogP) is 3.67. The first-order valence-corrected chi connectivity index (χ1v) is 9.77. The minimum atomic E-state index is 0.642. The summed E-state index contributed by atoms with van der Waals surface area (Å²) in [5, 5.41) is 8.48. The smallest absolute Gasteiger partial charge is 0.160 e. The number of imidazole rings is 2. The average Bonchev–Trinajstić information content (AvgIpc) is 3.50. The van der Waals surface area contributed by atoms with Crippen LogP contribution in [0.2, 0.25) is 0 Å². The zero-order valence-corrected chi connectivity index (χ0v) is 16.8. The lowest BCUT2D eigenvalue weighted by Crippen LogP contribution is -1.95. The summed E-state index contributed by atoms with van der Waals surface area (Å²) in [5.74, 6) is 1.57. The van der Waals surface area contributed by atoms with Crippen molar-refractivity contribution in [2.24, 2.45) is 7.05 Å². The lowest BCUT2D eigenvalue weighted by Gasteiger charge is -2.03. The molecule has 6 heterocycles. The standard InChI is InChI=1S/C22H17N9/c1-12-25-11-18(31(12)2)16-8-15-17(10-26-16)29-30-20(15)22-27-19-14(5-7-24-21(19)28-22)13-4-3-6-23-9-13/h3-11H,1-2H3,(H,29,30)(H,24,27,28). The highest BCUT2D eigenvalue weighted by Gasteiger charge is 2.17. The third kappa shape index (κ3) is 2.71. The van der Waals surface area contributed by atoms with Gasteiger partial charge in [0.15, 0.2) is 11.5 Å². The van der Waals surface area contributed by atoms with Crippen molar-refractivity contribution < 1.29 is 0 Å². The summed E-state index contributed by atoms with van der Waals surface area (Å²) in [7, 11) is 1.98. The van der Waals surface area contributed by atoms with Crippen LogP contribution in [-0.4, -0.2) is 44.7 Å². The second-order valence-electron chi connectivity index (χ2n) is 7.32. The summed E-state index contributed by atoms with van der Waals surface area (Å²) in [6.07, 6.45) is 8.95. The van der Waals surface area contributed by atoms with E-state index >= 15 is 0 Å². The molecule has 0 bridgehead atoms. The fourth-order valence-electron chi connectivity index (χ4n) is 3.76. The molecule has 0 aliphatic heterocycles. The molecule has 6 aromatic heterocycles. The Morgan fingerprint density at radius 2 is 1.94 bits per heavy atom.